The van der Waals surface area contributed by atoms with Crippen LogP contribution in [-0.4, -0.2) is 29.6 Å². The van der Waals surface area contributed by atoms with Crippen LogP contribution in [0.1, 0.15) is 31.7 Å². The van der Waals surface area contributed by atoms with E-state index in [4.69, 9.17) is 9.84 Å². The molecule has 21 heavy (non-hydrogen) atoms. The maximum Gasteiger partial charge on any atom is 0.326 e. The van der Waals surface area contributed by atoms with E-state index < -0.39 is 12.0 Å². The molecule has 0 aromatic heterocycles. The Morgan fingerprint density at radius 2 is 2.14 bits per heavy atom. The third kappa shape index (κ3) is 6.16. The molecule has 1 aromatic rings. The van der Waals surface area contributed by atoms with Gasteiger partial charge < -0.3 is 15.2 Å². The number of nitrogens with one attached hydrogen (secondary N) is 1. The number of carboxylic acid groups (broad SMARTS) is 1. The topological polar surface area (TPSA) is 75.6 Å². The molecule has 0 saturated carbocycles. The lowest BCUT2D eigenvalue weighted by atomic mass is 10.1. The molecule has 0 heterocycles. The standard InChI is InChI=1S/C15H20BrNO4/c1-3-4-12(15(19)20)17-14(18)7-8-21-13-6-5-10(2)9-11(13)16/h5-6,9,12H,3-4,7-8H2,1-2H3,(H,17,18)(H,19,20). The van der Waals surface area contributed by atoms with E-state index in [0.717, 1.165) is 10.0 Å². The Kier molecular flexibility index (Phi) is 7.22. The molecule has 1 aromatic carbocycles. The Morgan fingerprint density at radius 1 is 1.43 bits per heavy atom. The molecule has 1 atom stereocenters. The van der Waals surface area contributed by atoms with Crippen molar-refractivity contribution in [1.82, 2.24) is 5.32 Å². The zero-order valence-electron chi connectivity index (χ0n) is 12.2. The lowest BCUT2D eigenvalue weighted by molar-refractivity contribution is -0.142. The number of carbonyl (C=O) groups excluding carboxylic acids is 1. The molecule has 0 aliphatic heterocycles. The number of ether oxygens (including phenoxy) is 1. The van der Waals surface area contributed by atoms with Gasteiger partial charge in [0.2, 0.25) is 5.91 Å². The number of amides is 1. The number of halogens is 1. The molecule has 0 radical (unpaired) electrons. The lowest BCUT2D eigenvalue weighted by Crippen LogP contribution is -2.41. The molecule has 0 saturated heterocycles. The number of carbonyl (C=O) groups is 2. The summed E-state index contributed by atoms with van der Waals surface area (Å²) in [5, 5.41) is 11.5. The normalized spacial score (nSPS) is 11.8. The van der Waals surface area contributed by atoms with E-state index in [0.29, 0.717) is 18.6 Å². The predicted molar refractivity (Wildman–Crippen MR) is 83.5 cm³/mol. The molecule has 116 valence electrons. The number of aryl methyl sites for hydroxylation is 1. The Bertz CT molecular complexity index is 504. The van der Waals surface area contributed by atoms with Gasteiger partial charge in [0, 0.05) is 0 Å². The molecule has 6 heteroatoms. The summed E-state index contributed by atoms with van der Waals surface area (Å²) in [5.74, 6) is -0.664. The molecular formula is C15H20BrNO4. The van der Waals surface area contributed by atoms with Crippen LogP contribution in [0.25, 0.3) is 0 Å². The highest BCUT2D eigenvalue weighted by molar-refractivity contribution is 9.10. The van der Waals surface area contributed by atoms with Crippen LogP contribution < -0.4 is 10.1 Å². The van der Waals surface area contributed by atoms with Crippen molar-refractivity contribution in [2.45, 2.75) is 39.2 Å². The zero-order valence-corrected chi connectivity index (χ0v) is 13.8. The van der Waals surface area contributed by atoms with Crippen molar-refractivity contribution in [3.8, 4) is 5.75 Å². The van der Waals surface area contributed by atoms with E-state index in [2.05, 4.69) is 21.2 Å². The lowest BCUT2D eigenvalue weighted by Gasteiger charge is -2.14. The number of carboxylic acids is 1. The SMILES string of the molecule is CCCC(NC(=O)CCOc1ccc(C)cc1Br)C(=O)O. The minimum atomic E-state index is -1.01. The summed E-state index contributed by atoms with van der Waals surface area (Å²) in [6.45, 7) is 4.05. The number of rotatable bonds is 8. The van der Waals surface area contributed by atoms with Crippen LogP contribution in [0.2, 0.25) is 0 Å². The van der Waals surface area contributed by atoms with Gasteiger partial charge in [0.1, 0.15) is 11.8 Å². The maximum absolute atomic E-state index is 11.7. The molecule has 0 aliphatic carbocycles. The number of hydrogen-bond acceptors (Lipinski definition) is 3. The summed E-state index contributed by atoms with van der Waals surface area (Å²) >= 11 is 3.39. The zero-order chi connectivity index (χ0) is 15.8. The molecule has 0 aliphatic rings. The van der Waals surface area contributed by atoms with Gasteiger partial charge in [0.05, 0.1) is 17.5 Å². The van der Waals surface area contributed by atoms with Crippen LogP contribution in [0, 0.1) is 6.92 Å². The van der Waals surface area contributed by atoms with Gasteiger partial charge in [-0.15, -0.1) is 0 Å². The maximum atomic E-state index is 11.7. The summed E-state index contributed by atoms with van der Waals surface area (Å²) in [6, 6.07) is 4.85. The molecule has 0 spiro atoms. The van der Waals surface area contributed by atoms with Gasteiger partial charge in [-0.2, -0.15) is 0 Å². The fourth-order valence-corrected chi connectivity index (χ4v) is 2.40. The van der Waals surface area contributed by atoms with Gasteiger partial charge >= 0.3 is 5.97 Å². The quantitative estimate of drug-likeness (QED) is 0.749. The molecule has 0 fully saturated rings. The summed E-state index contributed by atoms with van der Waals surface area (Å²) in [6.07, 6.45) is 1.24. The summed E-state index contributed by atoms with van der Waals surface area (Å²) < 4.78 is 6.34. The molecular weight excluding hydrogens is 338 g/mol. The number of aliphatic carboxylic acids is 1. The first-order valence-corrected chi connectivity index (χ1v) is 7.64. The first-order chi connectivity index (χ1) is 9.93. The predicted octanol–water partition coefficient (Wildman–Crippen LogP) is 2.90. The van der Waals surface area contributed by atoms with E-state index in [-0.39, 0.29) is 18.9 Å². The van der Waals surface area contributed by atoms with Gasteiger partial charge in [-0.25, -0.2) is 4.79 Å². The first kappa shape index (κ1) is 17.5. The summed E-state index contributed by atoms with van der Waals surface area (Å²) in [5.41, 5.74) is 1.11. The third-order valence-electron chi connectivity index (χ3n) is 2.88. The minimum Gasteiger partial charge on any atom is -0.492 e. The smallest absolute Gasteiger partial charge is 0.326 e. The van der Waals surface area contributed by atoms with E-state index in [1.807, 2.05) is 32.0 Å². The van der Waals surface area contributed by atoms with E-state index in [1.54, 1.807) is 0 Å². The van der Waals surface area contributed by atoms with E-state index in [9.17, 15) is 9.59 Å². The van der Waals surface area contributed by atoms with E-state index in [1.165, 1.54) is 0 Å². The fourth-order valence-electron chi connectivity index (χ4n) is 1.79. The van der Waals surface area contributed by atoms with Gasteiger partial charge in [-0.1, -0.05) is 19.4 Å². The highest BCUT2D eigenvalue weighted by atomic mass is 79.9. The van der Waals surface area contributed by atoms with Gasteiger partial charge in [-0.3, -0.25) is 4.79 Å². The minimum absolute atomic E-state index is 0.119. The highest BCUT2D eigenvalue weighted by Crippen LogP contribution is 2.25. The van der Waals surface area contributed by atoms with Gasteiger partial charge in [-0.05, 0) is 47.0 Å². The number of benzene rings is 1. The average Bonchev–Trinajstić information content (AvgIpc) is 2.40. The summed E-state index contributed by atoms with van der Waals surface area (Å²) in [4.78, 5) is 22.6. The molecule has 1 unspecified atom stereocenters. The highest BCUT2D eigenvalue weighted by Gasteiger charge is 2.18. The fraction of sp³-hybridized carbons (Fsp3) is 0.467. The van der Waals surface area contributed by atoms with E-state index >= 15 is 0 Å². The second-order valence-corrected chi connectivity index (χ2v) is 5.63. The van der Waals surface area contributed by atoms with Crippen LogP contribution in [-0.2, 0) is 9.59 Å². The second kappa shape index (κ2) is 8.67. The monoisotopic (exact) mass is 357 g/mol. The molecule has 0 bridgehead atoms. The van der Waals surface area contributed by atoms with Crippen molar-refractivity contribution in [2.24, 2.45) is 0 Å². The number of hydrogen-bond donors (Lipinski definition) is 2. The molecule has 1 rings (SSSR count). The van der Waals surface area contributed by atoms with Crippen LogP contribution in [0.5, 0.6) is 5.75 Å². The largest absolute Gasteiger partial charge is 0.492 e. The van der Waals surface area contributed by atoms with Crippen molar-refractivity contribution in [1.29, 1.82) is 0 Å². The van der Waals surface area contributed by atoms with Crippen molar-refractivity contribution in [3.05, 3.63) is 28.2 Å². The third-order valence-corrected chi connectivity index (χ3v) is 3.50. The van der Waals surface area contributed by atoms with Crippen LogP contribution in [0.15, 0.2) is 22.7 Å². The van der Waals surface area contributed by atoms with Crippen LogP contribution >= 0.6 is 15.9 Å². The van der Waals surface area contributed by atoms with Crippen molar-refractivity contribution < 1.29 is 19.4 Å². The van der Waals surface area contributed by atoms with Crippen LogP contribution in [0.4, 0.5) is 0 Å². The van der Waals surface area contributed by atoms with Crippen molar-refractivity contribution in [3.63, 3.8) is 0 Å². The first-order valence-electron chi connectivity index (χ1n) is 6.85. The Hall–Kier alpha value is -1.56. The van der Waals surface area contributed by atoms with Crippen molar-refractivity contribution in [2.75, 3.05) is 6.61 Å². The Balaban J connectivity index is 2.41. The average molecular weight is 358 g/mol. The Morgan fingerprint density at radius 3 is 2.71 bits per heavy atom. The molecule has 2 N–H and O–H groups in total. The van der Waals surface area contributed by atoms with Gasteiger partial charge in [0.15, 0.2) is 0 Å². The van der Waals surface area contributed by atoms with Crippen molar-refractivity contribution >= 4 is 27.8 Å². The van der Waals surface area contributed by atoms with Crippen LogP contribution in [0.3, 0.4) is 0 Å². The molecule has 5 nitrogen and oxygen atoms in total. The summed E-state index contributed by atoms with van der Waals surface area (Å²) in [7, 11) is 0. The van der Waals surface area contributed by atoms with Gasteiger partial charge in [0.25, 0.3) is 0 Å². The Labute approximate surface area is 132 Å². The second-order valence-electron chi connectivity index (χ2n) is 4.78. The molecule has 1 amide bonds.